The monoisotopic (exact) mass is 298 g/mol. The summed E-state index contributed by atoms with van der Waals surface area (Å²) in [7, 11) is 1.87. The molecule has 104 valence electrons. The molecule has 2 aromatic heterocycles. The molecule has 0 saturated heterocycles. The predicted molar refractivity (Wildman–Crippen MR) is 80.1 cm³/mol. The molecule has 1 unspecified atom stereocenters. The molecule has 0 fully saturated rings. The lowest BCUT2D eigenvalue weighted by atomic mass is 10.1. The Kier molecular flexibility index (Phi) is 4.33. The lowest BCUT2D eigenvalue weighted by molar-refractivity contribution is 0.175. The Balaban J connectivity index is 2.26. The predicted octanol–water partition coefficient (Wildman–Crippen LogP) is 3.59. The summed E-state index contributed by atoms with van der Waals surface area (Å²) in [6.45, 7) is 6.12. The standard InChI is InChI=1S/C14H19ClN2OS/c1-5-11-14(15)12(17(4)16-11)7-13(18)10-6-8(2)19-9(10)3/h6,13,18H,5,7H2,1-4H3. The molecule has 3 nitrogen and oxygen atoms in total. The molecule has 0 amide bonds. The summed E-state index contributed by atoms with van der Waals surface area (Å²) in [5, 5.41) is 15.5. The van der Waals surface area contributed by atoms with Gasteiger partial charge in [-0.25, -0.2) is 0 Å². The van der Waals surface area contributed by atoms with Crippen LogP contribution in [0.25, 0.3) is 0 Å². The highest BCUT2D eigenvalue weighted by atomic mass is 35.5. The Bertz CT molecular complexity index is 589. The zero-order chi connectivity index (χ0) is 14.2. The third kappa shape index (κ3) is 2.86. The average Bonchev–Trinajstić information content (AvgIpc) is 2.82. The van der Waals surface area contributed by atoms with Crippen LogP contribution in [0.5, 0.6) is 0 Å². The van der Waals surface area contributed by atoms with Gasteiger partial charge in [-0.1, -0.05) is 18.5 Å². The molecule has 2 heterocycles. The summed E-state index contributed by atoms with van der Waals surface area (Å²) >= 11 is 8.03. The Morgan fingerprint density at radius 1 is 1.47 bits per heavy atom. The Hall–Kier alpha value is -0.840. The van der Waals surface area contributed by atoms with Gasteiger partial charge in [0.2, 0.25) is 0 Å². The molecule has 0 saturated carbocycles. The lowest BCUT2D eigenvalue weighted by Crippen LogP contribution is -2.07. The van der Waals surface area contributed by atoms with Crippen molar-refractivity contribution < 1.29 is 5.11 Å². The first kappa shape index (κ1) is 14.6. The molecule has 0 aromatic carbocycles. The molecule has 0 aliphatic rings. The zero-order valence-corrected chi connectivity index (χ0v) is 13.3. The van der Waals surface area contributed by atoms with Gasteiger partial charge in [0.05, 0.1) is 22.5 Å². The second-order valence-corrected chi connectivity index (χ2v) is 6.61. The van der Waals surface area contributed by atoms with Crippen molar-refractivity contribution in [2.75, 3.05) is 0 Å². The van der Waals surface area contributed by atoms with Crippen molar-refractivity contribution in [2.45, 2.75) is 39.7 Å². The molecular weight excluding hydrogens is 280 g/mol. The fourth-order valence-corrected chi connectivity index (χ4v) is 3.67. The van der Waals surface area contributed by atoms with E-state index >= 15 is 0 Å². The summed E-state index contributed by atoms with van der Waals surface area (Å²) in [5.41, 5.74) is 2.79. The first-order valence-electron chi connectivity index (χ1n) is 6.39. The van der Waals surface area contributed by atoms with Gasteiger partial charge in [0.25, 0.3) is 0 Å². The van der Waals surface area contributed by atoms with Gasteiger partial charge in [-0.2, -0.15) is 5.10 Å². The second kappa shape index (κ2) is 5.65. The number of hydrogen-bond donors (Lipinski definition) is 1. The van der Waals surface area contributed by atoms with E-state index in [1.165, 1.54) is 9.75 Å². The molecule has 2 aromatic rings. The van der Waals surface area contributed by atoms with E-state index in [-0.39, 0.29) is 0 Å². The van der Waals surface area contributed by atoms with E-state index in [0.717, 1.165) is 23.4 Å². The van der Waals surface area contributed by atoms with E-state index in [0.29, 0.717) is 11.4 Å². The molecular formula is C14H19ClN2OS. The van der Waals surface area contributed by atoms with Gasteiger partial charge in [0, 0.05) is 23.2 Å². The number of aliphatic hydroxyl groups is 1. The number of thiophene rings is 1. The molecule has 1 N–H and O–H groups in total. The van der Waals surface area contributed by atoms with Crippen LogP contribution in [-0.2, 0) is 19.9 Å². The first-order valence-corrected chi connectivity index (χ1v) is 7.58. The van der Waals surface area contributed by atoms with Gasteiger partial charge in [-0.15, -0.1) is 11.3 Å². The molecule has 2 rings (SSSR count). The SMILES string of the molecule is CCc1nn(C)c(CC(O)c2cc(C)sc2C)c1Cl. The summed E-state index contributed by atoms with van der Waals surface area (Å²) in [5.74, 6) is 0. The highest BCUT2D eigenvalue weighted by molar-refractivity contribution is 7.12. The normalized spacial score (nSPS) is 12.9. The van der Waals surface area contributed by atoms with E-state index in [1.54, 1.807) is 16.0 Å². The Morgan fingerprint density at radius 2 is 2.16 bits per heavy atom. The second-order valence-electron chi connectivity index (χ2n) is 4.77. The van der Waals surface area contributed by atoms with Crippen molar-refractivity contribution >= 4 is 22.9 Å². The summed E-state index contributed by atoms with van der Waals surface area (Å²) in [6.07, 6.45) is 0.779. The van der Waals surface area contributed by atoms with Gasteiger partial charge in [0.1, 0.15) is 0 Å². The van der Waals surface area contributed by atoms with Crippen LogP contribution in [-0.4, -0.2) is 14.9 Å². The smallest absolute Gasteiger partial charge is 0.0856 e. The minimum Gasteiger partial charge on any atom is -0.388 e. The number of nitrogens with zero attached hydrogens (tertiary/aromatic N) is 2. The van der Waals surface area contributed by atoms with E-state index < -0.39 is 6.10 Å². The fraction of sp³-hybridized carbons (Fsp3) is 0.500. The summed E-state index contributed by atoms with van der Waals surface area (Å²) in [4.78, 5) is 2.39. The molecule has 0 radical (unpaired) electrons. The van der Waals surface area contributed by atoms with Crippen LogP contribution in [0.2, 0.25) is 5.02 Å². The Morgan fingerprint density at radius 3 is 2.63 bits per heavy atom. The van der Waals surface area contributed by atoms with Crippen molar-refractivity contribution in [1.29, 1.82) is 0 Å². The zero-order valence-electron chi connectivity index (χ0n) is 11.7. The van der Waals surface area contributed by atoms with Crippen LogP contribution < -0.4 is 0 Å². The quantitative estimate of drug-likeness (QED) is 0.937. The van der Waals surface area contributed by atoms with Crippen molar-refractivity contribution in [1.82, 2.24) is 9.78 Å². The average molecular weight is 299 g/mol. The number of rotatable bonds is 4. The summed E-state index contributed by atoms with van der Waals surface area (Å²) in [6, 6.07) is 2.05. The minimum absolute atomic E-state index is 0.499. The van der Waals surface area contributed by atoms with Crippen molar-refractivity contribution in [3.63, 3.8) is 0 Å². The molecule has 5 heteroatoms. The third-order valence-corrected chi connectivity index (χ3v) is 4.75. The van der Waals surface area contributed by atoms with E-state index in [4.69, 9.17) is 11.6 Å². The number of aryl methyl sites for hydroxylation is 4. The topological polar surface area (TPSA) is 38.0 Å². The lowest BCUT2D eigenvalue weighted by Gasteiger charge is -2.11. The van der Waals surface area contributed by atoms with Crippen LogP contribution in [0, 0.1) is 13.8 Å². The van der Waals surface area contributed by atoms with Crippen LogP contribution in [0.1, 0.15) is 39.7 Å². The maximum absolute atomic E-state index is 10.4. The molecule has 1 atom stereocenters. The molecule has 19 heavy (non-hydrogen) atoms. The maximum atomic E-state index is 10.4. The number of hydrogen-bond acceptors (Lipinski definition) is 3. The van der Waals surface area contributed by atoms with Crippen LogP contribution >= 0.6 is 22.9 Å². The van der Waals surface area contributed by atoms with Gasteiger partial charge >= 0.3 is 0 Å². The molecule has 0 spiro atoms. The van der Waals surface area contributed by atoms with Crippen molar-refractivity contribution in [3.05, 3.63) is 37.8 Å². The van der Waals surface area contributed by atoms with E-state index in [1.807, 2.05) is 20.9 Å². The van der Waals surface area contributed by atoms with Gasteiger partial charge in [-0.3, -0.25) is 4.68 Å². The van der Waals surface area contributed by atoms with Crippen LogP contribution in [0.3, 0.4) is 0 Å². The maximum Gasteiger partial charge on any atom is 0.0856 e. The highest BCUT2D eigenvalue weighted by Crippen LogP contribution is 2.31. The van der Waals surface area contributed by atoms with E-state index in [2.05, 4.69) is 18.1 Å². The van der Waals surface area contributed by atoms with Gasteiger partial charge in [-0.05, 0) is 31.9 Å². The number of aliphatic hydroxyl groups excluding tert-OH is 1. The minimum atomic E-state index is -0.525. The van der Waals surface area contributed by atoms with Crippen LogP contribution in [0.4, 0.5) is 0 Å². The van der Waals surface area contributed by atoms with Gasteiger partial charge in [0.15, 0.2) is 0 Å². The number of halogens is 1. The first-order chi connectivity index (χ1) is 8.93. The van der Waals surface area contributed by atoms with Crippen molar-refractivity contribution in [2.24, 2.45) is 7.05 Å². The van der Waals surface area contributed by atoms with Crippen molar-refractivity contribution in [3.8, 4) is 0 Å². The number of aromatic nitrogens is 2. The summed E-state index contributed by atoms with van der Waals surface area (Å²) < 4.78 is 1.78. The highest BCUT2D eigenvalue weighted by Gasteiger charge is 2.19. The van der Waals surface area contributed by atoms with Gasteiger partial charge < -0.3 is 5.11 Å². The van der Waals surface area contributed by atoms with Crippen LogP contribution in [0.15, 0.2) is 6.07 Å². The molecule has 0 aliphatic carbocycles. The largest absolute Gasteiger partial charge is 0.388 e. The Labute approximate surface area is 122 Å². The molecule has 0 aliphatic heterocycles. The molecule has 0 bridgehead atoms. The fourth-order valence-electron chi connectivity index (χ4n) is 2.32. The van der Waals surface area contributed by atoms with E-state index in [9.17, 15) is 5.11 Å². The third-order valence-electron chi connectivity index (χ3n) is 3.33.